The zero-order valence-corrected chi connectivity index (χ0v) is 16.3. The standard InChI is InChI=1S/C21H28N2O4/c1-15-6-4-5-7-18(15)19-12-17(27-23-19)13-21(8-10-26-11-9-21)20(24)22-16(2)14-25-3/h4-7,12,16H,8-11,13-14H2,1-3H3,(H,22,24)/t16-/m0/s1. The second kappa shape index (κ2) is 8.67. The average Bonchev–Trinajstić information content (AvgIpc) is 3.11. The van der Waals surface area contributed by atoms with Crippen LogP contribution in [0, 0.1) is 12.3 Å². The second-order valence-electron chi connectivity index (χ2n) is 7.39. The first kappa shape index (κ1) is 19.6. The maximum Gasteiger partial charge on any atom is 0.227 e. The van der Waals surface area contributed by atoms with Gasteiger partial charge in [0.15, 0.2) is 0 Å². The summed E-state index contributed by atoms with van der Waals surface area (Å²) in [6, 6.07) is 9.98. The van der Waals surface area contributed by atoms with Crippen LogP contribution >= 0.6 is 0 Å². The van der Waals surface area contributed by atoms with Crippen LogP contribution in [-0.4, -0.2) is 44.0 Å². The average molecular weight is 372 g/mol. The third kappa shape index (κ3) is 4.57. The van der Waals surface area contributed by atoms with Gasteiger partial charge in [0.2, 0.25) is 5.91 Å². The SMILES string of the molecule is COC[C@H](C)NC(=O)C1(Cc2cc(-c3ccccc3C)no2)CCOCC1. The molecule has 0 unspecified atom stereocenters. The third-order valence-corrected chi connectivity index (χ3v) is 5.22. The number of benzene rings is 1. The molecule has 0 radical (unpaired) electrons. The molecule has 146 valence electrons. The number of nitrogens with zero attached hydrogens (tertiary/aromatic N) is 1. The van der Waals surface area contributed by atoms with Gasteiger partial charge in [-0.05, 0) is 32.3 Å². The molecule has 2 aromatic rings. The highest BCUT2D eigenvalue weighted by atomic mass is 16.5. The van der Waals surface area contributed by atoms with Crippen molar-refractivity contribution in [2.24, 2.45) is 5.41 Å². The Morgan fingerprint density at radius 2 is 2.07 bits per heavy atom. The fraction of sp³-hybridized carbons (Fsp3) is 0.524. The Bertz CT molecular complexity index is 765. The van der Waals surface area contributed by atoms with Gasteiger partial charge in [-0.25, -0.2) is 0 Å². The van der Waals surface area contributed by atoms with E-state index < -0.39 is 5.41 Å². The van der Waals surface area contributed by atoms with Gasteiger partial charge in [0.1, 0.15) is 11.5 Å². The van der Waals surface area contributed by atoms with Gasteiger partial charge in [0, 0.05) is 44.4 Å². The maximum atomic E-state index is 13.1. The predicted octanol–water partition coefficient (Wildman–Crippen LogP) is 3.14. The van der Waals surface area contributed by atoms with Gasteiger partial charge in [-0.1, -0.05) is 29.4 Å². The lowest BCUT2D eigenvalue weighted by atomic mass is 9.75. The molecule has 2 heterocycles. The van der Waals surface area contributed by atoms with E-state index in [0.717, 1.165) is 22.6 Å². The molecule has 1 fully saturated rings. The van der Waals surface area contributed by atoms with Crippen molar-refractivity contribution in [2.45, 2.75) is 39.2 Å². The number of nitrogens with one attached hydrogen (secondary N) is 1. The van der Waals surface area contributed by atoms with Crippen molar-refractivity contribution >= 4 is 5.91 Å². The first-order valence-corrected chi connectivity index (χ1v) is 9.43. The number of methoxy groups -OCH3 is 1. The molecule has 1 aliphatic heterocycles. The zero-order valence-electron chi connectivity index (χ0n) is 16.3. The minimum Gasteiger partial charge on any atom is -0.383 e. The number of amides is 1. The van der Waals surface area contributed by atoms with Gasteiger partial charge < -0.3 is 19.3 Å². The molecule has 1 saturated heterocycles. The minimum absolute atomic E-state index is 0.0317. The first-order chi connectivity index (χ1) is 13.0. The third-order valence-electron chi connectivity index (χ3n) is 5.22. The summed E-state index contributed by atoms with van der Waals surface area (Å²) in [6.45, 7) is 5.63. The Labute approximate surface area is 160 Å². The van der Waals surface area contributed by atoms with Gasteiger partial charge in [-0.2, -0.15) is 0 Å². The molecule has 1 atom stereocenters. The molecule has 0 aliphatic carbocycles. The Kier molecular flexibility index (Phi) is 6.29. The minimum atomic E-state index is -0.539. The largest absolute Gasteiger partial charge is 0.383 e. The van der Waals surface area contributed by atoms with E-state index in [1.54, 1.807) is 7.11 Å². The van der Waals surface area contributed by atoms with Crippen LogP contribution in [0.3, 0.4) is 0 Å². The zero-order chi connectivity index (χ0) is 19.3. The topological polar surface area (TPSA) is 73.6 Å². The summed E-state index contributed by atoms with van der Waals surface area (Å²) in [6.07, 6.45) is 1.85. The van der Waals surface area contributed by atoms with E-state index >= 15 is 0 Å². The van der Waals surface area contributed by atoms with Crippen LogP contribution in [0.4, 0.5) is 0 Å². The van der Waals surface area contributed by atoms with E-state index in [2.05, 4.69) is 10.5 Å². The smallest absolute Gasteiger partial charge is 0.227 e. The highest BCUT2D eigenvalue weighted by molar-refractivity contribution is 5.83. The lowest BCUT2D eigenvalue weighted by Crippen LogP contribution is -2.49. The molecule has 0 bridgehead atoms. The number of aryl methyl sites for hydroxylation is 1. The van der Waals surface area contributed by atoms with E-state index in [0.29, 0.717) is 39.1 Å². The Morgan fingerprint density at radius 3 is 2.78 bits per heavy atom. The number of carbonyl (C=O) groups is 1. The van der Waals surface area contributed by atoms with E-state index in [1.165, 1.54) is 0 Å². The van der Waals surface area contributed by atoms with Crippen molar-refractivity contribution in [1.82, 2.24) is 10.5 Å². The van der Waals surface area contributed by atoms with Gasteiger partial charge in [0.05, 0.1) is 12.0 Å². The van der Waals surface area contributed by atoms with E-state index in [1.807, 2.05) is 44.2 Å². The predicted molar refractivity (Wildman–Crippen MR) is 102 cm³/mol. The molecule has 1 N–H and O–H groups in total. The van der Waals surface area contributed by atoms with E-state index in [4.69, 9.17) is 14.0 Å². The van der Waals surface area contributed by atoms with Crippen molar-refractivity contribution in [3.63, 3.8) is 0 Å². The van der Waals surface area contributed by atoms with Crippen LogP contribution in [0.2, 0.25) is 0 Å². The number of aromatic nitrogens is 1. The van der Waals surface area contributed by atoms with Crippen LogP contribution in [0.5, 0.6) is 0 Å². The molecule has 1 aromatic heterocycles. The molecular formula is C21H28N2O4. The highest BCUT2D eigenvalue weighted by Gasteiger charge is 2.41. The van der Waals surface area contributed by atoms with Crippen LogP contribution in [0.15, 0.2) is 34.9 Å². The van der Waals surface area contributed by atoms with Crippen molar-refractivity contribution in [1.29, 1.82) is 0 Å². The fourth-order valence-corrected chi connectivity index (χ4v) is 3.63. The molecule has 1 aromatic carbocycles. The quantitative estimate of drug-likeness (QED) is 0.808. The monoisotopic (exact) mass is 372 g/mol. The summed E-state index contributed by atoms with van der Waals surface area (Å²) >= 11 is 0. The lowest BCUT2D eigenvalue weighted by Gasteiger charge is -2.35. The Balaban J connectivity index is 1.79. The first-order valence-electron chi connectivity index (χ1n) is 9.43. The summed E-state index contributed by atoms with van der Waals surface area (Å²) in [4.78, 5) is 13.1. The molecular weight excluding hydrogens is 344 g/mol. The normalized spacial score (nSPS) is 17.4. The summed E-state index contributed by atoms with van der Waals surface area (Å²) in [5.41, 5.74) is 2.46. The van der Waals surface area contributed by atoms with Gasteiger partial charge in [-0.15, -0.1) is 0 Å². The number of hydrogen-bond acceptors (Lipinski definition) is 5. The number of ether oxygens (including phenoxy) is 2. The fourth-order valence-electron chi connectivity index (χ4n) is 3.63. The lowest BCUT2D eigenvalue weighted by molar-refractivity contribution is -0.138. The van der Waals surface area contributed by atoms with Crippen LogP contribution in [0.25, 0.3) is 11.3 Å². The number of hydrogen-bond donors (Lipinski definition) is 1. The number of rotatable bonds is 7. The molecule has 27 heavy (non-hydrogen) atoms. The molecule has 6 heteroatoms. The Hall–Kier alpha value is -2.18. The molecule has 0 saturated carbocycles. The van der Waals surface area contributed by atoms with Crippen molar-refractivity contribution in [3.8, 4) is 11.3 Å². The maximum absolute atomic E-state index is 13.1. The van der Waals surface area contributed by atoms with Crippen molar-refractivity contribution in [2.75, 3.05) is 26.9 Å². The number of carbonyl (C=O) groups excluding carboxylic acids is 1. The van der Waals surface area contributed by atoms with E-state index in [-0.39, 0.29) is 11.9 Å². The van der Waals surface area contributed by atoms with Gasteiger partial charge in [0.25, 0.3) is 0 Å². The van der Waals surface area contributed by atoms with Crippen LogP contribution in [0.1, 0.15) is 31.1 Å². The summed E-state index contributed by atoms with van der Waals surface area (Å²) in [7, 11) is 1.63. The second-order valence-corrected chi connectivity index (χ2v) is 7.39. The summed E-state index contributed by atoms with van der Waals surface area (Å²) < 4.78 is 16.3. The molecule has 0 spiro atoms. The van der Waals surface area contributed by atoms with E-state index in [9.17, 15) is 4.79 Å². The summed E-state index contributed by atoms with van der Waals surface area (Å²) in [5, 5.41) is 7.31. The van der Waals surface area contributed by atoms with Crippen molar-refractivity contribution < 1.29 is 18.8 Å². The molecule has 1 aliphatic rings. The van der Waals surface area contributed by atoms with Crippen LogP contribution < -0.4 is 5.32 Å². The summed E-state index contributed by atoms with van der Waals surface area (Å²) in [5.74, 6) is 0.758. The molecule has 6 nitrogen and oxygen atoms in total. The van der Waals surface area contributed by atoms with Gasteiger partial charge in [-0.3, -0.25) is 4.79 Å². The van der Waals surface area contributed by atoms with Crippen LogP contribution in [-0.2, 0) is 20.7 Å². The molecule has 3 rings (SSSR count). The van der Waals surface area contributed by atoms with Crippen molar-refractivity contribution in [3.05, 3.63) is 41.7 Å². The molecule has 1 amide bonds. The highest BCUT2D eigenvalue weighted by Crippen LogP contribution is 2.36. The Morgan fingerprint density at radius 1 is 1.33 bits per heavy atom. The van der Waals surface area contributed by atoms with Gasteiger partial charge >= 0.3 is 0 Å².